The van der Waals surface area contributed by atoms with Crippen LogP contribution in [0.4, 0.5) is 0 Å². The Morgan fingerprint density at radius 2 is 2.11 bits per heavy atom. The molecule has 0 bridgehead atoms. The number of nitrogens with one attached hydrogen (secondary N) is 1. The Labute approximate surface area is 120 Å². The van der Waals surface area contributed by atoms with Crippen LogP contribution in [0, 0.1) is 12.8 Å². The standard InChI is InChI=1S/C15H26N2OS/c1-5-16-10-13-12(3)17-14(19-13)15(18-4)8-6-11(2)7-9-15/h11,16H,5-10H2,1-4H3. The van der Waals surface area contributed by atoms with E-state index >= 15 is 0 Å². The molecule has 1 aromatic heterocycles. The van der Waals surface area contributed by atoms with Crippen LogP contribution in [-0.2, 0) is 16.9 Å². The first kappa shape index (κ1) is 14.9. The Morgan fingerprint density at radius 3 is 2.68 bits per heavy atom. The Morgan fingerprint density at radius 1 is 1.42 bits per heavy atom. The minimum Gasteiger partial charge on any atom is -0.371 e. The SMILES string of the molecule is CCNCc1sc(C2(OC)CCC(C)CC2)nc1C. The molecule has 0 aliphatic heterocycles. The monoisotopic (exact) mass is 282 g/mol. The number of aromatic nitrogens is 1. The van der Waals surface area contributed by atoms with Crippen molar-refractivity contribution in [1.82, 2.24) is 10.3 Å². The molecule has 1 saturated carbocycles. The van der Waals surface area contributed by atoms with E-state index in [4.69, 9.17) is 9.72 Å². The molecule has 1 aromatic rings. The van der Waals surface area contributed by atoms with E-state index in [0.29, 0.717) is 0 Å². The Hall–Kier alpha value is -0.450. The quantitative estimate of drug-likeness (QED) is 0.896. The second-order valence-corrected chi connectivity index (χ2v) is 6.77. The van der Waals surface area contributed by atoms with Gasteiger partial charge < -0.3 is 10.1 Å². The maximum absolute atomic E-state index is 5.91. The van der Waals surface area contributed by atoms with E-state index in [1.807, 2.05) is 18.4 Å². The van der Waals surface area contributed by atoms with Crippen LogP contribution >= 0.6 is 11.3 Å². The van der Waals surface area contributed by atoms with Crippen molar-refractivity contribution in [2.75, 3.05) is 13.7 Å². The number of rotatable bonds is 5. The van der Waals surface area contributed by atoms with E-state index in [-0.39, 0.29) is 5.60 Å². The Kier molecular flexibility index (Phi) is 4.98. The number of thiazole rings is 1. The highest BCUT2D eigenvalue weighted by molar-refractivity contribution is 7.11. The molecule has 0 spiro atoms. The molecule has 0 aromatic carbocycles. The lowest BCUT2D eigenvalue weighted by Gasteiger charge is -2.36. The maximum atomic E-state index is 5.91. The lowest BCUT2D eigenvalue weighted by atomic mass is 9.80. The summed E-state index contributed by atoms with van der Waals surface area (Å²) in [5, 5.41) is 4.58. The van der Waals surface area contributed by atoms with Gasteiger partial charge in [-0.3, -0.25) is 0 Å². The van der Waals surface area contributed by atoms with Gasteiger partial charge in [0.15, 0.2) is 0 Å². The molecule has 1 heterocycles. The summed E-state index contributed by atoms with van der Waals surface area (Å²) in [5.41, 5.74) is 1.04. The van der Waals surface area contributed by atoms with Crippen molar-refractivity contribution in [2.45, 2.75) is 58.6 Å². The summed E-state index contributed by atoms with van der Waals surface area (Å²) >= 11 is 1.83. The van der Waals surface area contributed by atoms with Crippen molar-refractivity contribution in [3.05, 3.63) is 15.6 Å². The summed E-state index contributed by atoms with van der Waals surface area (Å²) in [6, 6.07) is 0. The first-order valence-electron chi connectivity index (χ1n) is 7.34. The van der Waals surface area contributed by atoms with Gasteiger partial charge in [0.25, 0.3) is 0 Å². The van der Waals surface area contributed by atoms with Crippen LogP contribution in [0.15, 0.2) is 0 Å². The van der Waals surface area contributed by atoms with Crippen molar-refractivity contribution in [2.24, 2.45) is 5.92 Å². The molecular weight excluding hydrogens is 256 g/mol. The summed E-state index contributed by atoms with van der Waals surface area (Å²) in [4.78, 5) is 6.16. The molecule has 0 radical (unpaired) electrons. The summed E-state index contributed by atoms with van der Waals surface area (Å²) < 4.78 is 5.91. The van der Waals surface area contributed by atoms with E-state index in [0.717, 1.165) is 37.5 Å². The summed E-state index contributed by atoms with van der Waals surface area (Å²) in [5.74, 6) is 0.825. The van der Waals surface area contributed by atoms with E-state index < -0.39 is 0 Å². The van der Waals surface area contributed by atoms with Crippen LogP contribution in [0.25, 0.3) is 0 Å². The fourth-order valence-electron chi connectivity index (χ4n) is 2.76. The van der Waals surface area contributed by atoms with Gasteiger partial charge in [0, 0.05) is 18.5 Å². The average molecular weight is 282 g/mol. The number of aryl methyl sites for hydroxylation is 1. The summed E-state index contributed by atoms with van der Waals surface area (Å²) in [7, 11) is 1.84. The highest BCUT2D eigenvalue weighted by Crippen LogP contribution is 2.43. The summed E-state index contributed by atoms with van der Waals surface area (Å²) in [6.45, 7) is 8.51. The van der Waals surface area contributed by atoms with Gasteiger partial charge in [-0.25, -0.2) is 4.98 Å². The molecule has 1 aliphatic rings. The van der Waals surface area contributed by atoms with Crippen LogP contribution in [0.5, 0.6) is 0 Å². The normalized spacial score (nSPS) is 27.7. The second kappa shape index (κ2) is 6.33. The van der Waals surface area contributed by atoms with Gasteiger partial charge in [0.1, 0.15) is 10.6 Å². The minimum atomic E-state index is -0.119. The van der Waals surface area contributed by atoms with E-state index in [1.165, 1.54) is 22.7 Å². The molecular formula is C15H26N2OS. The first-order valence-corrected chi connectivity index (χ1v) is 8.15. The molecule has 108 valence electrons. The van der Waals surface area contributed by atoms with Crippen molar-refractivity contribution < 1.29 is 4.74 Å². The van der Waals surface area contributed by atoms with E-state index in [2.05, 4.69) is 26.1 Å². The molecule has 2 rings (SSSR count). The second-order valence-electron chi connectivity index (χ2n) is 5.69. The van der Waals surface area contributed by atoms with Gasteiger partial charge in [-0.05, 0) is 45.1 Å². The van der Waals surface area contributed by atoms with Crippen LogP contribution < -0.4 is 5.32 Å². The Balaban J connectivity index is 2.19. The molecule has 0 amide bonds. The number of hydrogen-bond acceptors (Lipinski definition) is 4. The molecule has 1 aliphatic carbocycles. The van der Waals surface area contributed by atoms with Crippen molar-refractivity contribution in [1.29, 1.82) is 0 Å². The lowest BCUT2D eigenvalue weighted by molar-refractivity contribution is -0.0531. The summed E-state index contributed by atoms with van der Waals surface area (Å²) in [6.07, 6.45) is 4.71. The van der Waals surface area contributed by atoms with Gasteiger partial charge in [-0.1, -0.05) is 13.8 Å². The average Bonchev–Trinajstić information content (AvgIpc) is 2.79. The predicted molar refractivity (Wildman–Crippen MR) is 80.6 cm³/mol. The third kappa shape index (κ3) is 3.18. The molecule has 0 unspecified atom stereocenters. The molecule has 4 heteroatoms. The minimum absolute atomic E-state index is 0.119. The smallest absolute Gasteiger partial charge is 0.125 e. The fraction of sp³-hybridized carbons (Fsp3) is 0.800. The van der Waals surface area contributed by atoms with Crippen LogP contribution in [0.3, 0.4) is 0 Å². The van der Waals surface area contributed by atoms with Gasteiger partial charge in [-0.2, -0.15) is 0 Å². The van der Waals surface area contributed by atoms with E-state index in [1.54, 1.807) is 0 Å². The van der Waals surface area contributed by atoms with Crippen molar-refractivity contribution >= 4 is 11.3 Å². The molecule has 0 atom stereocenters. The van der Waals surface area contributed by atoms with Gasteiger partial charge in [0.05, 0.1) is 5.69 Å². The maximum Gasteiger partial charge on any atom is 0.125 e. The molecule has 0 saturated heterocycles. The zero-order valence-electron chi connectivity index (χ0n) is 12.6. The largest absolute Gasteiger partial charge is 0.371 e. The molecule has 1 N–H and O–H groups in total. The Bertz CT molecular complexity index is 408. The third-order valence-corrected chi connectivity index (χ3v) is 5.63. The van der Waals surface area contributed by atoms with Crippen molar-refractivity contribution in [3.63, 3.8) is 0 Å². The number of methoxy groups -OCH3 is 1. The number of ether oxygens (including phenoxy) is 1. The number of hydrogen-bond donors (Lipinski definition) is 1. The van der Waals surface area contributed by atoms with Crippen LogP contribution in [-0.4, -0.2) is 18.6 Å². The molecule has 1 fully saturated rings. The first-order chi connectivity index (χ1) is 9.11. The molecule has 19 heavy (non-hydrogen) atoms. The van der Waals surface area contributed by atoms with E-state index in [9.17, 15) is 0 Å². The van der Waals surface area contributed by atoms with Gasteiger partial charge >= 0.3 is 0 Å². The van der Waals surface area contributed by atoms with Gasteiger partial charge in [-0.15, -0.1) is 11.3 Å². The number of nitrogens with zero attached hydrogens (tertiary/aromatic N) is 1. The zero-order chi connectivity index (χ0) is 13.9. The zero-order valence-corrected chi connectivity index (χ0v) is 13.4. The predicted octanol–water partition coefficient (Wildman–Crippen LogP) is 3.61. The fourth-order valence-corrected chi connectivity index (χ4v) is 4.02. The highest BCUT2D eigenvalue weighted by Gasteiger charge is 2.38. The van der Waals surface area contributed by atoms with Crippen LogP contribution in [0.2, 0.25) is 0 Å². The van der Waals surface area contributed by atoms with Crippen molar-refractivity contribution in [3.8, 4) is 0 Å². The molecule has 3 nitrogen and oxygen atoms in total. The highest BCUT2D eigenvalue weighted by atomic mass is 32.1. The lowest BCUT2D eigenvalue weighted by Crippen LogP contribution is -2.33. The topological polar surface area (TPSA) is 34.1 Å². The van der Waals surface area contributed by atoms with Gasteiger partial charge in [0.2, 0.25) is 0 Å². The van der Waals surface area contributed by atoms with Crippen LogP contribution in [0.1, 0.15) is 55.1 Å². The third-order valence-electron chi connectivity index (χ3n) is 4.29.